The average Bonchev–Trinajstić information content (AvgIpc) is 2.10. The SMILES string of the molecule is CC(C)(CO)Sc1ccc(N)cc1Br. The molecular formula is C10H14BrNOS. The lowest BCUT2D eigenvalue weighted by atomic mass is 10.2. The number of rotatable bonds is 3. The van der Waals surface area contributed by atoms with Gasteiger partial charge in [-0.1, -0.05) is 0 Å². The number of benzene rings is 1. The van der Waals surface area contributed by atoms with E-state index in [9.17, 15) is 0 Å². The first kappa shape index (κ1) is 11.9. The van der Waals surface area contributed by atoms with Gasteiger partial charge in [0.1, 0.15) is 0 Å². The lowest BCUT2D eigenvalue weighted by Gasteiger charge is -2.21. The molecule has 0 unspecified atom stereocenters. The van der Waals surface area contributed by atoms with E-state index >= 15 is 0 Å². The Morgan fingerprint density at radius 1 is 1.50 bits per heavy atom. The highest BCUT2D eigenvalue weighted by atomic mass is 79.9. The Balaban J connectivity index is 2.87. The average molecular weight is 276 g/mol. The molecule has 0 amide bonds. The molecule has 1 aromatic carbocycles. The molecule has 0 radical (unpaired) electrons. The molecule has 0 atom stereocenters. The van der Waals surface area contributed by atoms with Crippen LogP contribution in [0.3, 0.4) is 0 Å². The lowest BCUT2D eigenvalue weighted by Crippen LogP contribution is -2.19. The zero-order valence-corrected chi connectivity index (χ0v) is 10.7. The summed E-state index contributed by atoms with van der Waals surface area (Å²) in [6.07, 6.45) is 0. The van der Waals surface area contributed by atoms with Crippen molar-refractivity contribution in [3.8, 4) is 0 Å². The van der Waals surface area contributed by atoms with Gasteiger partial charge in [-0.2, -0.15) is 0 Å². The van der Waals surface area contributed by atoms with Gasteiger partial charge in [0.2, 0.25) is 0 Å². The number of nitrogens with two attached hydrogens (primary N) is 1. The van der Waals surface area contributed by atoms with Crippen LogP contribution >= 0.6 is 27.7 Å². The fourth-order valence-electron chi connectivity index (χ4n) is 0.930. The largest absolute Gasteiger partial charge is 0.399 e. The van der Waals surface area contributed by atoms with Crippen LogP contribution in [0.2, 0.25) is 0 Å². The summed E-state index contributed by atoms with van der Waals surface area (Å²) in [5, 5.41) is 9.14. The molecule has 0 aliphatic rings. The van der Waals surface area contributed by atoms with Crippen LogP contribution in [0.25, 0.3) is 0 Å². The molecular weight excluding hydrogens is 262 g/mol. The van der Waals surface area contributed by atoms with Crippen molar-refractivity contribution in [2.75, 3.05) is 12.3 Å². The van der Waals surface area contributed by atoms with Gasteiger partial charge in [0.05, 0.1) is 6.61 Å². The van der Waals surface area contributed by atoms with Gasteiger partial charge in [-0.3, -0.25) is 0 Å². The second kappa shape index (κ2) is 4.55. The van der Waals surface area contributed by atoms with Crippen molar-refractivity contribution in [3.05, 3.63) is 22.7 Å². The molecule has 3 N–H and O–H groups in total. The molecule has 0 aromatic heterocycles. The van der Waals surface area contributed by atoms with Crippen molar-refractivity contribution in [3.63, 3.8) is 0 Å². The van der Waals surface area contributed by atoms with Gasteiger partial charge in [0.25, 0.3) is 0 Å². The molecule has 0 bridgehead atoms. The zero-order chi connectivity index (χ0) is 10.8. The van der Waals surface area contributed by atoms with Crippen molar-refractivity contribution in [2.24, 2.45) is 0 Å². The fourth-order valence-corrected chi connectivity index (χ4v) is 2.52. The number of halogens is 1. The maximum Gasteiger partial charge on any atom is 0.0576 e. The molecule has 0 aliphatic carbocycles. The van der Waals surface area contributed by atoms with Crippen molar-refractivity contribution in [1.29, 1.82) is 0 Å². The Bertz CT molecular complexity index is 328. The van der Waals surface area contributed by atoms with E-state index in [-0.39, 0.29) is 11.4 Å². The van der Waals surface area contributed by atoms with Crippen molar-refractivity contribution < 1.29 is 5.11 Å². The molecule has 0 fully saturated rings. The van der Waals surface area contributed by atoms with Crippen LogP contribution in [-0.2, 0) is 0 Å². The third-order valence-electron chi connectivity index (χ3n) is 1.72. The highest BCUT2D eigenvalue weighted by Gasteiger charge is 2.19. The first-order valence-electron chi connectivity index (χ1n) is 4.29. The second-order valence-corrected chi connectivity index (χ2v) is 6.31. The molecule has 14 heavy (non-hydrogen) atoms. The smallest absolute Gasteiger partial charge is 0.0576 e. The minimum Gasteiger partial charge on any atom is -0.399 e. The summed E-state index contributed by atoms with van der Waals surface area (Å²) in [6, 6.07) is 5.69. The molecule has 0 saturated carbocycles. The quantitative estimate of drug-likeness (QED) is 0.659. The number of nitrogen functional groups attached to an aromatic ring is 1. The fraction of sp³-hybridized carbons (Fsp3) is 0.400. The zero-order valence-electron chi connectivity index (χ0n) is 8.25. The van der Waals surface area contributed by atoms with Gasteiger partial charge in [-0.25, -0.2) is 0 Å². The third-order valence-corrected chi connectivity index (χ3v) is 3.90. The molecule has 1 rings (SSSR count). The van der Waals surface area contributed by atoms with E-state index in [1.165, 1.54) is 0 Å². The summed E-state index contributed by atoms with van der Waals surface area (Å²) in [7, 11) is 0. The van der Waals surface area contributed by atoms with Crippen LogP contribution in [-0.4, -0.2) is 16.5 Å². The summed E-state index contributed by atoms with van der Waals surface area (Å²) in [4.78, 5) is 1.10. The topological polar surface area (TPSA) is 46.2 Å². The normalized spacial score (nSPS) is 11.7. The van der Waals surface area contributed by atoms with E-state index in [2.05, 4.69) is 15.9 Å². The van der Waals surface area contributed by atoms with Crippen LogP contribution in [0.15, 0.2) is 27.6 Å². The van der Waals surface area contributed by atoms with Gasteiger partial charge in [0, 0.05) is 19.8 Å². The van der Waals surface area contributed by atoms with Crippen LogP contribution < -0.4 is 5.73 Å². The highest BCUT2D eigenvalue weighted by molar-refractivity contribution is 9.10. The molecule has 0 aliphatic heterocycles. The Morgan fingerprint density at radius 2 is 2.14 bits per heavy atom. The third kappa shape index (κ3) is 3.19. The first-order chi connectivity index (χ1) is 6.44. The highest BCUT2D eigenvalue weighted by Crippen LogP contribution is 2.37. The predicted octanol–water partition coefficient (Wildman–Crippen LogP) is 2.89. The van der Waals surface area contributed by atoms with Crippen molar-refractivity contribution in [2.45, 2.75) is 23.5 Å². The van der Waals surface area contributed by atoms with E-state index in [0.717, 1.165) is 15.1 Å². The lowest BCUT2D eigenvalue weighted by molar-refractivity contribution is 0.265. The van der Waals surface area contributed by atoms with Crippen LogP contribution in [0.4, 0.5) is 5.69 Å². The van der Waals surface area contributed by atoms with E-state index in [4.69, 9.17) is 10.8 Å². The van der Waals surface area contributed by atoms with Crippen LogP contribution in [0.1, 0.15) is 13.8 Å². The first-order valence-corrected chi connectivity index (χ1v) is 5.90. The predicted molar refractivity (Wildman–Crippen MR) is 65.6 cm³/mol. The maximum absolute atomic E-state index is 9.14. The Kier molecular flexibility index (Phi) is 3.86. The van der Waals surface area contributed by atoms with E-state index < -0.39 is 0 Å². The minimum atomic E-state index is -0.168. The number of aliphatic hydroxyl groups excluding tert-OH is 1. The summed E-state index contributed by atoms with van der Waals surface area (Å²) in [5.41, 5.74) is 6.37. The van der Waals surface area contributed by atoms with Gasteiger partial charge < -0.3 is 10.8 Å². The second-order valence-electron chi connectivity index (χ2n) is 3.71. The van der Waals surface area contributed by atoms with Gasteiger partial charge in [-0.05, 0) is 48.0 Å². The molecule has 0 heterocycles. The number of aliphatic hydroxyl groups is 1. The van der Waals surface area contributed by atoms with Crippen molar-refractivity contribution >= 4 is 33.4 Å². The summed E-state index contributed by atoms with van der Waals surface area (Å²) < 4.78 is 0.808. The van der Waals surface area contributed by atoms with Crippen molar-refractivity contribution in [1.82, 2.24) is 0 Å². The Morgan fingerprint density at radius 3 is 2.64 bits per heavy atom. The van der Waals surface area contributed by atoms with Gasteiger partial charge in [0.15, 0.2) is 0 Å². The Labute approximate surface area is 97.0 Å². The molecule has 2 nitrogen and oxygen atoms in total. The Hall–Kier alpha value is -0.190. The van der Waals surface area contributed by atoms with E-state index in [1.807, 2.05) is 32.0 Å². The molecule has 0 spiro atoms. The maximum atomic E-state index is 9.14. The summed E-state index contributed by atoms with van der Waals surface area (Å²) in [5.74, 6) is 0. The molecule has 4 heteroatoms. The van der Waals surface area contributed by atoms with Gasteiger partial charge in [-0.15, -0.1) is 11.8 Å². The molecule has 0 saturated heterocycles. The summed E-state index contributed by atoms with van der Waals surface area (Å²) in [6.45, 7) is 4.15. The number of hydrogen-bond donors (Lipinski definition) is 2. The van der Waals surface area contributed by atoms with Crippen LogP contribution in [0, 0.1) is 0 Å². The van der Waals surface area contributed by atoms with Gasteiger partial charge >= 0.3 is 0 Å². The van der Waals surface area contributed by atoms with Crippen LogP contribution in [0.5, 0.6) is 0 Å². The van der Waals surface area contributed by atoms with E-state index in [1.54, 1.807) is 11.8 Å². The standard InChI is InChI=1S/C10H14BrNOS/c1-10(2,6-13)14-9-4-3-7(12)5-8(9)11/h3-5,13H,6,12H2,1-2H3. The minimum absolute atomic E-state index is 0.147. The summed E-state index contributed by atoms with van der Waals surface area (Å²) >= 11 is 5.08. The number of anilines is 1. The number of thioether (sulfide) groups is 1. The number of hydrogen-bond acceptors (Lipinski definition) is 3. The molecule has 78 valence electrons. The van der Waals surface area contributed by atoms with E-state index in [0.29, 0.717) is 0 Å². The monoisotopic (exact) mass is 275 g/mol. The molecule has 1 aromatic rings.